The maximum absolute atomic E-state index is 11.7. The Morgan fingerprint density at radius 3 is 2.00 bits per heavy atom. The first-order valence-corrected chi connectivity index (χ1v) is 13.5. The van der Waals surface area contributed by atoms with Crippen molar-refractivity contribution in [2.45, 2.75) is 38.4 Å². The molecule has 2 N–H and O–H groups in total. The van der Waals surface area contributed by atoms with Gasteiger partial charge in [-0.3, -0.25) is 0 Å². The number of rotatable bonds is 12. The Bertz CT molecular complexity index is 1000. The molecule has 2 aromatic rings. The van der Waals surface area contributed by atoms with Gasteiger partial charge in [-0.15, -0.1) is 11.6 Å². The van der Waals surface area contributed by atoms with Gasteiger partial charge in [0, 0.05) is 11.2 Å². The van der Waals surface area contributed by atoms with Crippen LogP contribution in [0.3, 0.4) is 0 Å². The molecule has 10 heteroatoms. The minimum Gasteiger partial charge on any atom is -0.491 e. The topological polar surface area (TPSA) is 93.1 Å². The van der Waals surface area contributed by atoms with E-state index in [1.54, 1.807) is 12.1 Å². The fourth-order valence-electron chi connectivity index (χ4n) is 3.07. The third kappa shape index (κ3) is 7.91. The summed E-state index contributed by atoms with van der Waals surface area (Å²) in [5.74, 6) is 0.449. The lowest BCUT2D eigenvalue weighted by molar-refractivity contribution is 0.125. The third-order valence-corrected chi connectivity index (χ3v) is 7.91. The summed E-state index contributed by atoms with van der Waals surface area (Å²) in [7, 11) is -3.34. The first-order chi connectivity index (χ1) is 15.4. The predicted molar refractivity (Wildman–Crippen MR) is 133 cm³/mol. The molecule has 184 valence electrons. The normalized spacial score (nSPS) is 14.1. The maximum atomic E-state index is 11.7. The second-order valence-corrected chi connectivity index (χ2v) is 11.7. The standard InChI is InChI=1S/C23H29Cl3O6S/c1-4-33(29,30)14-18(28)13-32-22-20(25)9-16(10-21(22)26)23(2,3)15-5-7-19(8-6-15)31-12-17(27)11-24/h5-10,17-18,27-28H,4,11-14H2,1-3H3. The second kappa shape index (κ2) is 12.0. The summed E-state index contributed by atoms with van der Waals surface area (Å²) in [5.41, 5.74) is 1.35. The molecule has 0 aromatic heterocycles. The van der Waals surface area contributed by atoms with Gasteiger partial charge in [-0.2, -0.15) is 0 Å². The second-order valence-electron chi connectivity index (χ2n) is 8.20. The van der Waals surface area contributed by atoms with Crippen LogP contribution in [0.25, 0.3) is 0 Å². The summed E-state index contributed by atoms with van der Waals surface area (Å²) in [6.45, 7) is 5.41. The highest BCUT2D eigenvalue weighted by Crippen LogP contribution is 2.40. The van der Waals surface area contributed by atoms with E-state index in [-0.39, 0.29) is 40.6 Å². The van der Waals surface area contributed by atoms with Crippen LogP contribution in [0.2, 0.25) is 10.0 Å². The Labute approximate surface area is 210 Å². The van der Waals surface area contributed by atoms with Gasteiger partial charge in [0.15, 0.2) is 15.6 Å². The van der Waals surface area contributed by atoms with Gasteiger partial charge < -0.3 is 19.7 Å². The highest BCUT2D eigenvalue weighted by molar-refractivity contribution is 7.91. The fourth-order valence-corrected chi connectivity index (χ4v) is 4.67. The van der Waals surface area contributed by atoms with Crippen LogP contribution in [0.4, 0.5) is 0 Å². The highest BCUT2D eigenvalue weighted by atomic mass is 35.5. The molecule has 0 saturated heterocycles. The molecule has 2 aromatic carbocycles. The summed E-state index contributed by atoms with van der Waals surface area (Å²) in [6, 6.07) is 10.9. The van der Waals surface area contributed by atoms with E-state index in [4.69, 9.17) is 44.3 Å². The van der Waals surface area contributed by atoms with Crippen LogP contribution in [0.15, 0.2) is 36.4 Å². The van der Waals surface area contributed by atoms with Crippen LogP contribution >= 0.6 is 34.8 Å². The van der Waals surface area contributed by atoms with E-state index in [9.17, 15) is 18.6 Å². The highest BCUT2D eigenvalue weighted by Gasteiger charge is 2.26. The molecule has 0 bridgehead atoms. The van der Waals surface area contributed by atoms with E-state index < -0.39 is 33.2 Å². The van der Waals surface area contributed by atoms with Crippen LogP contribution in [0.5, 0.6) is 11.5 Å². The van der Waals surface area contributed by atoms with Gasteiger partial charge >= 0.3 is 0 Å². The average Bonchev–Trinajstić information content (AvgIpc) is 2.76. The minimum atomic E-state index is -3.34. The van der Waals surface area contributed by atoms with Crippen molar-refractivity contribution >= 4 is 44.6 Å². The van der Waals surface area contributed by atoms with Crippen molar-refractivity contribution in [2.75, 3.05) is 30.6 Å². The summed E-state index contributed by atoms with van der Waals surface area (Å²) in [6.07, 6.45) is -1.92. The van der Waals surface area contributed by atoms with Gasteiger partial charge in [-0.25, -0.2) is 8.42 Å². The summed E-state index contributed by atoms with van der Waals surface area (Å²) >= 11 is 18.4. The molecule has 0 aliphatic carbocycles. The number of aliphatic hydroxyl groups excluding tert-OH is 2. The quantitative estimate of drug-likeness (QED) is 0.387. The van der Waals surface area contributed by atoms with Crippen molar-refractivity contribution in [2.24, 2.45) is 0 Å². The zero-order valence-electron chi connectivity index (χ0n) is 18.7. The lowest BCUT2D eigenvalue weighted by Crippen LogP contribution is -2.28. The molecule has 6 nitrogen and oxygen atoms in total. The molecule has 0 saturated carbocycles. The van der Waals surface area contributed by atoms with E-state index >= 15 is 0 Å². The molecule has 2 atom stereocenters. The van der Waals surface area contributed by atoms with E-state index in [1.807, 2.05) is 38.1 Å². The third-order valence-electron chi connectivity index (χ3n) is 5.22. The molecule has 33 heavy (non-hydrogen) atoms. The Hall–Kier alpha value is -1.22. The summed E-state index contributed by atoms with van der Waals surface area (Å²) < 4.78 is 34.4. The molecule has 2 unspecified atom stereocenters. The number of alkyl halides is 1. The molecule has 0 radical (unpaired) electrons. The Morgan fingerprint density at radius 1 is 0.939 bits per heavy atom. The minimum absolute atomic E-state index is 0.0577. The predicted octanol–water partition coefficient (Wildman–Crippen LogP) is 4.47. The number of aliphatic hydroxyl groups is 2. The average molecular weight is 540 g/mol. The van der Waals surface area contributed by atoms with Gasteiger partial charge in [0.05, 0.1) is 21.7 Å². The molecular formula is C23H29Cl3O6S. The number of ether oxygens (including phenoxy) is 2. The summed E-state index contributed by atoms with van der Waals surface area (Å²) in [4.78, 5) is 0. The molecule has 0 fully saturated rings. The zero-order chi connectivity index (χ0) is 24.8. The van der Waals surface area contributed by atoms with Crippen LogP contribution in [0.1, 0.15) is 31.9 Å². The molecule has 0 spiro atoms. The van der Waals surface area contributed by atoms with Crippen molar-refractivity contribution in [3.05, 3.63) is 57.6 Å². The lowest BCUT2D eigenvalue weighted by atomic mass is 9.78. The number of hydrogen-bond donors (Lipinski definition) is 2. The first-order valence-electron chi connectivity index (χ1n) is 10.4. The molecule has 0 aliphatic heterocycles. The van der Waals surface area contributed by atoms with Crippen molar-refractivity contribution in [3.8, 4) is 11.5 Å². The number of hydrogen-bond acceptors (Lipinski definition) is 6. The molecule has 0 aliphatic rings. The van der Waals surface area contributed by atoms with E-state index in [1.165, 1.54) is 6.92 Å². The zero-order valence-corrected chi connectivity index (χ0v) is 21.8. The number of sulfone groups is 1. The van der Waals surface area contributed by atoms with Gasteiger partial charge in [0.2, 0.25) is 0 Å². The largest absolute Gasteiger partial charge is 0.491 e. The fraction of sp³-hybridized carbons (Fsp3) is 0.478. The van der Waals surface area contributed by atoms with Gasteiger partial charge in [-0.05, 0) is 35.4 Å². The number of benzene rings is 2. The Kier molecular flexibility index (Phi) is 10.2. The van der Waals surface area contributed by atoms with Crippen LogP contribution in [0, 0.1) is 0 Å². The van der Waals surface area contributed by atoms with Gasteiger partial charge in [-0.1, -0.05) is 56.1 Å². The SMILES string of the molecule is CCS(=O)(=O)CC(O)COc1c(Cl)cc(C(C)(C)c2ccc(OCC(O)CCl)cc2)cc1Cl. The Balaban J connectivity index is 2.15. The van der Waals surface area contributed by atoms with Crippen molar-refractivity contribution in [1.29, 1.82) is 0 Å². The lowest BCUT2D eigenvalue weighted by Gasteiger charge is -2.27. The monoisotopic (exact) mass is 538 g/mol. The van der Waals surface area contributed by atoms with Crippen molar-refractivity contribution in [1.82, 2.24) is 0 Å². The molecule has 2 rings (SSSR count). The maximum Gasteiger partial charge on any atom is 0.156 e. The molecule has 0 heterocycles. The van der Waals surface area contributed by atoms with Crippen molar-refractivity contribution < 1.29 is 28.1 Å². The van der Waals surface area contributed by atoms with E-state index in [2.05, 4.69) is 0 Å². The van der Waals surface area contributed by atoms with Crippen LogP contribution in [-0.4, -0.2) is 61.4 Å². The van der Waals surface area contributed by atoms with Gasteiger partial charge in [0.1, 0.15) is 31.2 Å². The van der Waals surface area contributed by atoms with Crippen LogP contribution in [-0.2, 0) is 15.3 Å². The van der Waals surface area contributed by atoms with Crippen LogP contribution < -0.4 is 9.47 Å². The first kappa shape index (κ1) is 28.0. The van der Waals surface area contributed by atoms with E-state index in [0.29, 0.717) is 5.75 Å². The molecule has 0 amide bonds. The molecular weight excluding hydrogens is 511 g/mol. The Morgan fingerprint density at radius 2 is 1.48 bits per heavy atom. The number of halogens is 3. The van der Waals surface area contributed by atoms with E-state index in [0.717, 1.165) is 11.1 Å². The summed E-state index contributed by atoms with van der Waals surface area (Å²) in [5, 5.41) is 20.0. The smallest absolute Gasteiger partial charge is 0.156 e. The van der Waals surface area contributed by atoms with Gasteiger partial charge in [0.25, 0.3) is 0 Å². The van der Waals surface area contributed by atoms with Crippen molar-refractivity contribution in [3.63, 3.8) is 0 Å².